The van der Waals surface area contributed by atoms with Crippen molar-refractivity contribution in [1.82, 2.24) is 5.32 Å². The molecule has 2 aromatic rings. The molecule has 1 amide bonds. The topological polar surface area (TPSA) is 170 Å². The fraction of sp³-hybridized carbons (Fsp3) is 0.774. The minimum Gasteiger partial charge on any atom is -0.457 e. The van der Waals surface area contributed by atoms with Crippen molar-refractivity contribution in [3.63, 3.8) is 0 Å². The number of carbonyl (C=O) groups excluding carboxylic acids is 2. The van der Waals surface area contributed by atoms with Crippen LogP contribution in [0.2, 0.25) is 0 Å². The minimum atomic E-state index is -4.71. The van der Waals surface area contributed by atoms with Gasteiger partial charge >= 0.3 is 13.8 Å². The summed E-state index contributed by atoms with van der Waals surface area (Å²) in [6.07, 6.45) is 33.5. The third-order valence-electron chi connectivity index (χ3n) is 14.8. The average molecular weight is 1070 g/mol. The van der Waals surface area contributed by atoms with E-state index in [0.717, 1.165) is 70.6 Å². The van der Waals surface area contributed by atoms with Crippen molar-refractivity contribution >= 4 is 19.7 Å². The zero-order valence-corrected chi connectivity index (χ0v) is 48.1. The lowest BCUT2D eigenvalue weighted by Gasteiger charge is -2.44. The van der Waals surface area contributed by atoms with Gasteiger partial charge in [0, 0.05) is 6.42 Å². The molecule has 1 aliphatic heterocycles. The molecule has 0 bridgehead atoms. The third-order valence-corrected chi connectivity index (χ3v) is 16.2. The maximum Gasteiger partial charge on any atom is 0.588 e. The second-order valence-corrected chi connectivity index (χ2v) is 23.1. The zero-order chi connectivity index (χ0) is 54.0. The van der Waals surface area contributed by atoms with Gasteiger partial charge in [-0.05, 0) is 49.4 Å². The van der Waals surface area contributed by atoms with Crippen molar-refractivity contribution in [3.05, 3.63) is 60.7 Å². The van der Waals surface area contributed by atoms with Gasteiger partial charge in [-0.3, -0.25) is 14.1 Å². The number of phosphoric acid groups is 1. The van der Waals surface area contributed by atoms with E-state index in [0.29, 0.717) is 6.42 Å². The highest BCUT2D eigenvalue weighted by Gasteiger charge is 2.53. The summed E-state index contributed by atoms with van der Waals surface area (Å²) in [6, 6.07) is 15.2. The number of unbranched alkanes of at least 4 members (excludes halogenated alkanes) is 29. The molecule has 0 radical (unpaired) electrons. The number of phosphoric ester groups is 1. The number of nitrogens with one attached hydrogen (secondary N) is 1. The van der Waals surface area contributed by atoms with Crippen LogP contribution in [0.5, 0.6) is 11.5 Å². The van der Waals surface area contributed by atoms with E-state index < -0.39 is 63.1 Å². The van der Waals surface area contributed by atoms with E-state index in [1.54, 1.807) is 60.7 Å². The summed E-state index contributed by atoms with van der Waals surface area (Å²) in [5.74, 6) is -0.806. The van der Waals surface area contributed by atoms with Crippen molar-refractivity contribution in [2.75, 3.05) is 6.61 Å². The van der Waals surface area contributed by atoms with Crippen molar-refractivity contribution in [1.29, 1.82) is 0 Å². The highest BCUT2D eigenvalue weighted by molar-refractivity contribution is 7.49. The van der Waals surface area contributed by atoms with Crippen LogP contribution in [0.25, 0.3) is 0 Å². The van der Waals surface area contributed by atoms with E-state index in [1.165, 1.54) is 148 Å². The van der Waals surface area contributed by atoms with Crippen molar-refractivity contribution in [3.8, 4) is 11.5 Å². The largest absolute Gasteiger partial charge is 0.588 e. The van der Waals surface area contributed by atoms with Crippen molar-refractivity contribution in [2.24, 2.45) is 5.92 Å². The second-order valence-electron chi connectivity index (χ2n) is 21.7. The van der Waals surface area contributed by atoms with Crippen molar-refractivity contribution < 1.29 is 52.5 Å². The fourth-order valence-electron chi connectivity index (χ4n) is 10.3. The maximum absolute atomic E-state index is 14.9. The molecule has 0 aliphatic carbocycles. The molecule has 4 N–H and O–H groups in total. The Morgan fingerprint density at radius 2 is 0.920 bits per heavy atom. The molecular weight excluding hydrogens is 966 g/mol. The summed E-state index contributed by atoms with van der Waals surface area (Å²) in [6.45, 7) is 5.98. The number of hydrogen-bond donors (Lipinski definition) is 4. The number of esters is 1. The lowest BCUT2D eigenvalue weighted by molar-refractivity contribution is -0.255. The monoisotopic (exact) mass is 1070 g/mol. The molecule has 0 spiro atoms. The first kappa shape index (κ1) is 66.3. The number of hydrogen-bond acceptors (Lipinski definition) is 11. The molecule has 13 heteroatoms. The third kappa shape index (κ3) is 31.3. The molecule has 7 atom stereocenters. The first-order chi connectivity index (χ1) is 36.6. The molecule has 1 saturated heterocycles. The number of benzene rings is 2. The number of amides is 1. The lowest BCUT2D eigenvalue weighted by Crippen LogP contribution is -2.66. The Bertz CT molecular complexity index is 1680. The molecule has 2 aromatic carbocycles. The molecule has 430 valence electrons. The summed E-state index contributed by atoms with van der Waals surface area (Å²) < 4.78 is 45.3. The fourth-order valence-corrected chi connectivity index (χ4v) is 11.8. The van der Waals surface area contributed by atoms with Crippen LogP contribution < -0.4 is 14.4 Å². The van der Waals surface area contributed by atoms with Gasteiger partial charge < -0.3 is 39.2 Å². The molecule has 0 saturated carbocycles. The van der Waals surface area contributed by atoms with E-state index in [9.17, 15) is 29.5 Å². The normalized spacial score (nSPS) is 18.6. The predicted molar refractivity (Wildman–Crippen MR) is 304 cm³/mol. The number of aliphatic hydroxyl groups excluding tert-OH is 3. The summed E-state index contributed by atoms with van der Waals surface area (Å²) in [5, 5.41) is 36.1. The zero-order valence-electron chi connectivity index (χ0n) is 47.2. The van der Waals surface area contributed by atoms with E-state index in [1.807, 2.05) is 0 Å². The molecular formula is C62H106NO11P. The van der Waals surface area contributed by atoms with Crippen molar-refractivity contribution in [2.45, 2.75) is 295 Å². The van der Waals surface area contributed by atoms with Crippen LogP contribution in [0.15, 0.2) is 60.7 Å². The van der Waals surface area contributed by atoms with Crippen LogP contribution in [0, 0.1) is 5.92 Å². The quantitative estimate of drug-likeness (QED) is 0.0283. The van der Waals surface area contributed by atoms with Gasteiger partial charge in [-0.15, -0.1) is 0 Å². The molecule has 0 unspecified atom stereocenters. The Morgan fingerprint density at radius 3 is 1.31 bits per heavy atom. The molecule has 0 aromatic heterocycles. The van der Waals surface area contributed by atoms with Gasteiger partial charge in [0.15, 0.2) is 12.4 Å². The standard InChI is InChI=1S/C62H106NO11P/c1-4-7-10-13-16-19-20-21-22-23-26-28-31-36-43-52(42-35-30-27-24-17-14-11-8-5-2)49-58(67)71-61-59(63-57(66)50-53(65)44-37-32-29-25-18-15-12-9-6-3)62(68)70-56(51-64)60(61)74-75(69,72-54-45-38-33-39-46-54)73-55-47-40-34-41-48-55/h33-34,38-41,45-48,52-53,56,59-62,64-65,68H,4-32,35-37,42-44,49-51H2,1-3H3,(H,63,66)/t52-,53+,56+,59-,60+,61+,62-/m0/s1. The van der Waals surface area contributed by atoms with Gasteiger partial charge in [-0.25, -0.2) is 4.57 Å². The van der Waals surface area contributed by atoms with E-state index >= 15 is 0 Å². The van der Waals surface area contributed by atoms with Crippen LogP contribution in [0.4, 0.5) is 0 Å². The summed E-state index contributed by atoms with van der Waals surface area (Å²) in [5.41, 5.74) is 0. The Labute approximate surface area is 455 Å². The van der Waals surface area contributed by atoms with Crippen LogP contribution in [-0.4, -0.2) is 70.6 Å². The first-order valence-electron chi connectivity index (χ1n) is 30.5. The Morgan fingerprint density at radius 1 is 0.547 bits per heavy atom. The Kier molecular flexibility index (Phi) is 38.0. The number of aliphatic hydroxyl groups is 3. The summed E-state index contributed by atoms with van der Waals surface area (Å²) >= 11 is 0. The predicted octanol–water partition coefficient (Wildman–Crippen LogP) is 16.2. The number of para-hydroxylation sites is 2. The van der Waals surface area contributed by atoms with E-state index in [2.05, 4.69) is 26.1 Å². The van der Waals surface area contributed by atoms with Gasteiger partial charge in [0.25, 0.3) is 0 Å². The van der Waals surface area contributed by atoms with Crippen LogP contribution in [0.3, 0.4) is 0 Å². The Balaban J connectivity index is 1.77. The molecule has 3 rings (SSSR count). The number of ether oxygens (including phenoxy) is 2. The maximum atomic E-state index is 14.9. The highest BCUT2D eigenvalue weighted by Crippen LogP contribution is 2.52. The molecule has 1 fully saturated rings. The SMILES string of the molecule is CCCCCCCCCCCCCCCC[C@H](CCCCCCCCCCC)CC(=O)O[C@@H]1[C@H](NC(=O)C[C@H](O)CCCCCCCCCCC)[C@@H](O)O[C@H](CO)[C@H]1OP(=O)(Oc1ccccc1)Oc1ccccc1. The molecule has 1 heterocycles. The lowest BCUT2D eigenvalue weighted by atomic mass is 9.91. The smallest absolute Gasteiger partial charge is 0.457 e. The molecule has 75 heavy (non-hydrogen) atoms. The number of rotatable bonds is 48. The van der Waals surface area contributed by atoms with Gasteiger partial charge in [0.1, 0.15) is 29.7 Å². The minimum absolute atomic E-state index is 0.0373. The summed E-state index contributed by atoms with van der Waals surface area (Å²) in [7, 11) is -4.71. The Hall–Kier alpha value is -2.99. The number of carbonyl (C=O) groups is 2. The van der Waals surface area contributed by atoms with Crippen LogP contribution >= 0.6 is 7.82 Å². The second kappa shape index (κ2) is 43.0. The van der Waals surface area contributed by atoms with Crippen LogP contribution in [-0.2, 0) is 28.2 Å². The van der Waals surface area contributed by atoms with E-state index in [-0.39, 0.29) is 30.3 Å². The first-order valence-corrected chi connectivity index (χ1v) is 32.0. The van der Waals surface area contributed by atoms with Crippen LogP contribution in [0.1, 0.15) is 258 Å². The molecule has 12 nitrogen and oxygen atoms in total. The van der Waals surface area contributed by atoms with Gasteiger partial charge in [0.2, 0.25) is 5.91 Å². The summed E-state index contributed by atoms with van der Waals surface area (Å²) in [4.78, 5) is 28.2. The van der Waals surface area contributed by atoms with Gasteiger partial charge in [-0.2, -0.15) is 0 Å². The highest BCUT2D eigenvalue weighted by atomic mass is 31.2. The molecule has 1 aliphatic rings. The average Bonchev–Trinajstić information content (AvgIpc) is 3.39. The van der Waals surface area contributed by atoms with E-state index in [4.69, 9.17) is 23.0 Å². The van der Waals surface area contributed by atoms with Gasteiger partial charge in [0.05, 0.1) is 19.1 Å². The van der Waals surface area contributed by atoms with Gasteiger partial charge in [-0.1, -0.05) is 263 Å².